The van der Waals surface area contributed by atoms with Gasteiger partial charge in [0, 0.05) is 6.20 Å². The molecule has 1 saturated heterocycles. The molecule has 2 heterocycles. The monoisotopic (exact) mass is 475 g/mol. The number of halogens is 3. The number of benzene rings is 1. The van der Waals surface area contributed by atoms with Crippen LogP contribution in [0.3, 0.4) is 0 Å². The molecule has 0 amide bonds. The van der Waals surface area contributed by atoms with Crippen molar-refractivity contribution in [1.29, 1.82) is 0 Å². The van der Waals surface area contributed by atoms with Crippen molar-refractivity contribution in [2.75, 3.05) is 18.8 Å². The normalized spacial score (nSPS) is 15.2. The van der Waals surface area contributed by atoms with Crippen molar-refractivity contribution in [1.82, 2.24) is 15.1 Å². The van der Waals surface area contributed by atoms with Gasteiger partial charge in [-0.25, -0.2) is 13.2 Å². The molecule has 7 nitrogen and oxygen atoms in total. The van der Waals surface area contributed by atoms with Gasteiger partial charge in [-0.3, -0.25) is 4.68 Å². The summed E-state index contributed by atoms with van der Waals surface area (Å²) >= 11 is 0. The molecule has 0 unspecified atom stereocenters. The van der Waals surface area contributed by atoms with Gasteiger partial charge in [0.1, 0.15) is 0 Å². The van der Waals surface area contributed by atoms with Crippen LogP contribution in [0.5, 0.6) is 0 Å². The molecule has 0 radical (unpaired) electrons. The largest absolute Gasteiger partial charge is 0.490 e. The highest BCUT2D eigenvalue weighted by atomic mass is 32.2. The summed E-state index contributed by atoms with van der Waals surface area (Å²) < 4.78 is 57.6. The number of nitrogens with one attached hydrogen (secondary N) is 1. The summed E-state index contributed by atoms with van der Waals surface area (Å²) in [4.78, 5) is 9.29. The zero-order chi connectivity index (χ0) is 23.9. The lowest BCUT2D eigenvalue weighted by Crippen LogP contribution is -2.26. The number of carboxylic acids is 1. The number of carboxylic acid groups (broad SMARTS) is 1. The second-order valence-corrected chi connectivity index (χ2v) is 9.74. The molecule has 3 rings (SSSR count). The second-order valence-electron chi connectivity index (χ2n) is 7.46. The Bertz CT molecular complexity index is 996. The number of piperidine rings is 1. The maximum absolute atomic E-state index is 11.9. The van der Waals surface area contributed by atoms with Gasteiger partial charge >= 0.3 is 12.1 Å². The Morgan fingerprint density at radius 3 is 2.22 bits per heavy atom. The van der Waals surface area contributed by atoms with Crippen molar-refractivity contribution in [2.24, 2.45) is 0 Å². The third kappa shape index (κ3) is 7.06. The van der Waals surface area contributed by atoms with Crippen molar-refractivity contribution in [3.05, 3.63) is 47.3 Å². The van der Waals surface area contributed by atoms with Crippen LogP contribution in [0.25, 0.3) is 0 Å². The summed E-state index contributed by atoms with van der Waals surface area (Å²) in [6.45, 7) is 6.65. The Labute approximate surface area is 185 Å². The quantitative estimate of drug-likeness (QED) is 0.664. The van der Waals surface area contributed by atoms with E-state index in [4.69, 9.17) is 15.0 Å². The first-order chi connectivity index (χ1) is 15.0. The van der Waals surface area contributed by atoms with Crippen molar-refractivity contribution in [3.8, 4) is 0 Å². The molecular formula is C21H28F3N3O4S. The van der Waals surface area contributed by atoms with Gasteiger partial charge in [-0.05, 0) is 61.5 Å². The van der Waals surface area contributed by atoms with Gasteiger partial charge in [0.25, 0.3) is 0 Å². The van der Waals surface area contributed by atoms with Gasteiger partial charge in [-0.15, -0.1) is 0 Å². The van der Waals surface area contributed by atoms with E-state index in [0.29, 0.717) is 17.4 Å². The van der Waals surface area contributed by atoms with Gasteiger partial charge in [-0.2, -0.15) is 18.3 Å². The molecule has 2 aromatic rings. The van der Waals surface area contributed by atoms with E-state index in [9.17, 15) is 21.6 Å². The summed E-state index contributed by atoms with van der Waals surface area (Å²) in [6, 6.07) is 7.18. The van der Waals surface area contributed by atoms with E-state index >= 15 is 0 Å². The Kier molecular flexibility index (Phi) is 8.85. The minimum atomic E-state index is -5.08. The highest BCUT2D eigenvalue weighted by Gasteiger charge is 2.38. The lowest BCUT2D eigenvalue weighted by Gasteiger charge is -2.22. The van der Waals surface area contributed by atoms with Crippen LogP contribution in [0, 0.1) is 0 Å². The van der Waals surface area contributed by atoms with E-state index in [0.717, 1.165) is 25.1 Å². The first-order valence-electron chi connectivity index (χ1n) is 10.4. The third-order valence-electron chi connectivity index (χ3n) is 5.23. The number of aromatic nitrogens is 2. The zero-order valence-corrected chi connectivity index (χ0v) is 18.8. The summed E-state index contributed by atoms with van der Waals surface area (Å²) in [7, 11) is -3.14. The van der Waals surface area contributed by atoms with Crippen LogP contribution in [-0.2, 0) is 27.6 Å². The fourth-order valence-corrected chi connectivity index (χ4v) is 4.35. The van der Waals surface area contributed by atoms with Crippen LogP contribution >= 0.6 is 0 Å². The molecular weight excluding hydrogens is 447 g/mol. The molecule has 1 fully saturated rings. The molecule has 178 valence electrons. The molecule has 1 aliphatic heterocycles. The van der Waals surface area contributed by atoms with E-state index in [1.807, 2.05) is 16.8 Å². The lowest BCUT2D eigenvalue weighted by molar-refractivity contribution is -0.192. The van der Waals surface area contributed by atoms with E-state index in [2.05, 4.69) is 18.4 Å². The zero-order valence-electron chi connectivity index (χ0n) is 18.0. The second kappa shape index (κ2) is 11.0. The predicted octanol–water partition coefficient (Wildman–Crippen LogP) is 3.39. The first kappa shape index (κ1) is 25.9. The summed E-state index contributed by atoms with van der Waals surface area (Å²) in [6.07, 6.45) is 0.385. The minimum absolute atomic E-state index is 0.130. The Morgan fingerprint density at radius 1 is 1.19 bits per heavy atom. The number of hydrogen-bond acceptors (Lipinski definition) is 5. The molecule has 1 aromatic carbocycles. The molecule has 1 aliphatic rings. The van der Waals surface area contributed by atoms with Gasteiger partial charge in [0.15, 0.2) is 9.84 Å². The molecule has 2 N–H and O–H groups in total. The van der Waals surface area contributed by atoms with Crippen molar-refractivity contribution in [3.63, 3.8) is 0 Å². The van der Waals surface area contributed by atoms with Crippen LogP contribution in [-0.4, -0.2) is 54.3 Å². The van der Waals surface area contributed by atoms with Gasteiger partial charge in [0.2, 0.25) is 0 Å². The number of aryl methyl sites for hydroxylation is 1. The standard InChI is InChI=1S/C19H27N3O2S.C2HF3O2/c1-3-19-18(16-9-11-20-12-10-16)14-22(21-19)13-15-5-7-17(8-6-15)25(23,24)4-2;3-2(4,5)1(6)7/h5-8,14,16,20H,3-4,9-13H2,1-2H3;(H,6,7). The van der Waals surface area contributed by atoms with E-state index in [1.54, 1.807) is 19.1 Å². The minimum Gasteiger partial charge on any atom is -0.475 e. The maximum Gasteiger partial charge on any atom is 0.490 e. The Morgan fingerprint density at radius 2 is 1.75 bits per heavy atom. The molecule has 11 heteroatoms. The van der Waals surface area contributed by atoms with Gasteiger partial charge < -0.3 is 10.4 Å². The summed E-state index contributed by atoms with van der Waals surface area (Å²) in [5, 5.41) is 15.3. The maximum atomic E-state index is 11.9. The van der Waals surface area contributed by atoms with Crippen molar-refractivity contribution >= 4 is 15.8 Å². The van der Waals surface area contributed by atoms with Gasteiger partial charge in [-0.1, -0.05) is 26.0 Å². The molecule has 1 aromatic heterocycles. The first-order valence-corrected chi connectivity index (χ1v) is 12.0. The Balaban J connectivity index is 0.000000451. The number of nitrogens with zero attached hydrogens (tertiary/aromatic N) is 2. The fourth-order valence-electron chi connectivity index (χ4n) is 3.46. The SMILES string of the molecule is CCc1nn(Cc2ccc(S(=O)(=O)CC)cc2)cc1C1CCNCC1.O=C(O)C(F)(F)F. The number of rotatable bonds is 6. The molecule has 0 aliphatic carbocycles. The summed E-state index contributed by atoms with van der Waals surface area (Å²) in [5.41, 5.74) is 3.64. The van der Waals surface area contributed by atoms with Crippen molar-refractivity contribution in [2.45, 2.75) is 56.6 Å². The number of carbonyl (C=O) groups is 1. The topological polar surface area (TPSA) is 101 Å². The highest BCUT2D eigenvalue weighted by Crippen LogP contribution is 2.28. The van der Waals surface area contributed by atoms with E-state index in [-0.39, 0.29) is 5.75 Å². The van der Waals surface area contributed by atoms with Crippen LogP contribution in [0.4, 0.5) is 13.2 Å². The predicted molar refractivity (Wildman–Crippen MR) is 113 cm³/mol. The molecule has 0 spiro atoms. The fraction of sp³-hybridized carbons (Fsp3) is 0.524. The van der Waals surface area contributed by atoms with Crippen LogP contribution in [0.15, 0.2) is 35.4 Å². The van der Waals surface area contributed by atoms with Crippen LogP contribution < -0.4 is 5.32 Å². The number of hydrogen-bond donors (Lipinski definition) is 2. The molecule has 0 bridgehead atoms. The number of aliphatic carboxylic acids is 1. The summed E-state index contributed by atoms with van der Waals surface area (Å²) in [5.74, 6) is -2.03. The lowest BCUT2D eigenvalue weighted by atomic mass is 9.90. The van der Waals surface area contributed by atoms with Crippen molar-refractivity contribution < 1.29 is 31.5 Å². The molecule has 0 atom stereocenters. The van der Waals surface area contributed by atoms with Crippen LogP contribution in [0.2, 0.25) is 0 Å². The molecule has 0 saturated carbocycles. The van der Waals surface area contributed by atoms with Gasteiger partial charge in [0.05, 0.1) is 22.9 Å². The highest BCUT2D eigenvalue weighted by molar-refractivity contribution is 7.91. The van der Waals surface area contributed by atoms with E-state index in [1.165, 1.54) is 24.1 Å². The third-order valence-corrected chi connectivity index (χ3v) is 6.98. The van der Waals surface area contributed by atoms with Crippen LogP contribution in [0.1, 0.15) is 49.4 Å². The Hall–Kier alpha value is -2.40. The number of alkyl halides is 3. The van der Waals surface area contributed by atoms with E-state index < -0.39 is 22.0 Å². The smallest absolute Gasteiger partial charge is 0.475 e. The average molecular weight is 476 g/mol. The number of sulfone groups is 1. The molecule has 32 heavy (non-hydrogen) atoms. The average Bonchev–Trinajstić information content (AvgIpc) is 3.17.